The summed E-state index contributed by atoms with van der Waals surface area (Å²) < 4.78 is 40.5. The second kappa shape index (κ2) is 11.9. The van der Waals surface area contributed by atoms with Gasteiger partial charge in [0.1, 0.15) is 27.4 Å². The van der Waals surface area contributed by atoms with Gasteiger partial charge >= 0.3 is 6.03 Å². The third-order valence-corrected chi connectivity index (χ3v) is 7.75. The Balaban J connectivity index is 1.44. The zero-order valence-corrected chi connectivity index (χ0v) is 23.8. The molecular weight excluding hydrogens is 586 g/mol. The number of nitrogens with one attached hydrogen (secondary N) is 2. The number of urea groups is 1. The van der Waals surface area contributed by atoms with Crippen LogP contribution in [0.15, 0.2) is 57.7 Å². The second-order valence-corrected chi connectivity index (χ2v) is 10.5. The molecule has 40 heavy (non-hydrogen) atoms. The molecule has 9 nitrogen and oxygen atoms in total. The minimum atomic E-state index is -0.917. The molecule has 0 radical (unpaired) electrons. The minimum absolute atomic E-state index is 0.250. The summed E-state index contributed by atoms with van der Waals surface area (Å²) in [6, 6.07) is 12.5. The van der Waals surface area contributed by atoms with Crippen molar-refractivity contribution in [2.75, 3.05) is 38.7 Å². The van der Waals surface area contributed by atoms with E-state index in [1.165, 1.54) is 6.07 Å². The van der Waals surface area contributed by atoms with Gasteiger partial charge in [0.25, 0.3) is 0 Å². The molecule has 1 fully saturated rings. The molecule has 1 aliphatic heterocycles. The third-order valence-electron chi connectivity index (χ3n) is 7.02. The van der Waals surface area contributed by atoms with Crippen LogP contribution in [0.1, 0.15) is 22.9 Å². The molecule has 3 heterocycles. The molecule has 2 amide bonds. The largest absolute Gasteiger partial charge is 0.383 e. The molecular formula is C28H29BrF2N6O3. The molecule has 0 saturated carbocycles. The van der Waals surface area contributed by atoms with E-state index in [0.29, 0.717) is 64.9 Å². The molecule has 4 aromatic rings. The van der Waals surface area contributed by atoms with Crippen LogP contribution in [0.5, 0.6) is 0 Å². The van der Waals surface area contributed by atoms with E-state index >= 15 is 0 Å². The number of aryl methyl sites for hydroxylation is 2. The van der Waals surface area contributed by atoms with Crippen LogP contribution in [-0.4, -0.2) is 65.3 Å². The first-order chi connectivity index (χ1) is 19.3. The van der Waals surface area contributed by atoms with Gasteiger partial charge in [-0.25, -0.2) is 18.3 Å². The van der Waals surface area contributed by atoms with Gasteiger partial charge in [0, 0.05) is 38.2 Å². The summed E-state index contributed by atoms with van der Waals surface area (Å²) in [6.45, 7) is 5.84. The average Bonchev–Trinajstić information content (AvgIpc) is 3.60. The highest BCUT2D eigenvalue weighted by atomic mass is 79.9. The van der Waals surface area contributed by atoms with E-state index in [1.54, 1.807) is 24.8 Å². The first kappa shape index (κ1) is 27.9. The molecule has 1 saturated heterocycles. The number of carbonyl (C=O) groups excluding carboxylic acids is 1. The fourth-order valence-corrected chi connectivity index (χ4v) is 5.61. The van der Waals surface area contributed by atoms with E-state index in [2.05, 4.69) is 36.6 Å². The van der Waals surface area contributed by atoms with E-state index in [4.69, 9.17) is 14.4 Å². The summed E-state index contributed by atoms with van der Waals surface area (Å²) in [5, 5.41) is 14.8. The Kier molecular flexibility index (Phi) is 8.29. The maximum absolute atomic E-state index is 14.1. The van der Waals surface area contributed by atoms with Crippen LogP contribution in [0.3, 0.4) is 0 Å². The van der Waals surface area contributed by atoms with Crippen LogP contribution in [0.2, 0.25) is 0 Å². The number of nitrogens with zero attached hydrogens (tertiary/aromatic N) is 4. The lowest BCUT2D eigenvalue weighted by molar-refractivity contribution is 0.159. The Labute approximate surface area is 238 Å². The van der Waals surface area contributed by atoms with Gasteiger partial charge in [-0.3, -0.25) is 4.90 Å². The van der Waals surface area contributed by atoms with Crippen molar-refractivity contribution >= 4 is 27.6 Å². The molecule has 2 N–H and O–H groups in total. The van der Waals surface area contributed by atoms with E-state index in [1.807, 2.05) is 37.3 Å². The molecule has 1 aliphatic rings. The van der Waals surface area contributed by atoms with Crippen molar-refractivity contribution in [1.82, 2.24) is 25.2 Å². The van der Waals surface area contributed by atoms with Crippen molar-refractivity contribution in [3.05, 3.63) is 81.8 Å². The number of aromatic nitrogens is 3. The first-order valence-corrected chi connectivity index (χ1v) is 13.6. The maximum atomic E-state index is 14.1. The molecule has 5 rings (SSSR count). The van der Waals surface area contributed by atoms with Crippen molar-refractivity contribution in [1.29, 1.82) is 0 Å². The van der Waals surface area contributed by atoms with Gasteiger partial charge < -0.3 is 19.9 Å². The van der Waals surface area contributed by atoms with Crippen LogP contribution in [0.25, 0.3) is 16.9 Å². The number of hydrogen-bond donors (Lipinski definition) is 2. The molecule has 0 bridgehead atoms. The lowest BCUT2D eigenvalue weighted by Gasteiger charge is -2.21. The van der Waals surface area contributed by atoms with Gasteiger partial charge in [0.2, 0.25) is 0 Å². The van der Waals surface area contributed by atoms with Crippen molar-refractivity contribution in [2.24, 2.45) is 0 Å². The lowest BCUT2D eigenvalue weighted by Crippen LogP contribution is -2.42. The van der Waals surface area contributed by atoms with Gasteiger partial charge in [0.05, 0.1) is 12.6 Å². The minimum Gasteiger partial charge on any atom is -0.383 e. The number of anilines is 1. The number of rotatable bonds is 8. The molecule has 0 spiro atoms. The van der Waals surface area contributed by atoms with Gasteiger partial charge in [-0.15, -0.1) is 0 Å². The number of amides is 2. The van der Waals surface area contributed by atoms with E-state index in [-0.39, 0.29) is 12.0 Å². The summed E-state index contributed by atoms with van der Waals surface area (Å²) in [7, 11) is 1.62. The van der Waals surface area contributed by atoms with Crippen LogP contribution in [-0.2, 0) is 4.74 Å². The molecule has 2 atom stereocenters. The fourth-order valence-electron chi connectivity index (χ4n) is 5.07. The standard InChI is InChI=1S/C28H29BrF2N6O3/c1-16-26(17(2)40-35-16)37-27(29)25(24(34-37)18-7-5-4-6-8-18)33-28(38)32-23-15-36(11-12-39-3)14-20(23)19-9-10-21(30)22(31)13-19/h4-10,13,20,23H,11-12,14-15H2,1-3H3,(H2,32,33,38)/t20-,23+/m0/s1. The third kappa shape index (κ3) is 5.65. The van der Waals surface area contributed by atoms with Gasteiger partial charge in [-0.05, 0) is 47.5 Å². The van der Waals surface area contributed by atoms with Crippen LogP contribution in [0.4, 0.5) is 19.3 Å². The van der Waals surface area contributed by atoms with Crippen molar-refractivity contribution < 1.29 is 22.8 Å². The molecule has 0 aliphatic carbocycles. The Hall–Kier alpha value is -3.61. The predicted molar refractivity (Wildman–Crippen MR) is 150 cm³/mol. The van der Waals surface area contributed by atoms with E-state index < -0.39 is 17.7 Å². The highest BCUT2D eigenvalue weighted by Crippen LogP contribution is 2.37. The number of likely N-dealkylation sites (tertiary alicyclic amines) is 1. The van der Waals surface area contributed by atoms with Crippen LogP contribution in [0, 0.1) is 25.5 Å². The van der Waals surface area contributed by atoms with Crippen LogP contribution >= 0.6 is 15.9 Å². The normalized spacial score (nSPS) is 17.4. The smallest absolute Gasteiger partial charge is 0.319 e. The Bertz CT molecular complexity index is 1490. The first-order valence-electron chi connectivity index (χ1n) is 12.8. The van der Waals surface area contributed by atoms with Crippen molar-refractivity contribution in [2.45, 2.75) is 25.8 Å². The summed E-state index contributed by atoms with van der Waals surface area (Å²) in [6.07, 6.45) is 0. The molecule has 2 aromatic carbocycles. The average molecular weight is 615 g/mol. The number of ether oxygens (including phenoxy) is 1. The highest BCUT2D eigenvalue weighted by molar-refractivity contribution is 9.10. The lowest BCUT2D eigenvalue weighted by atomic mass is 9.94. The molecule has 2 aromatic heterocycles. The number of methoxy groups -OCH3 is 1. The quantitative estimate of drug-likeness (QED) is 0.275. The summed E-state index contributed by atoms with van der Waals surface area (Å²) >= 11 is 3.62. The van der Waals surface area contributed by atoms with Gasteiger partial charge in [0.15, 0.2) is 17.4 Å². The Morgan fingerprint density at radius 1 is 1.15 bits per heavy atom. The van der Waals surface area contributed by atoms with Crippen LogP contribution < -0.4 is 10.6 Å². The number of halogens is 3. The fraction of sp³-hybridized carbons (Fsp3) is 0.321. The Morgan fingerprint density at radius 3 is 2.60 bits per heavy atom. The summed E-state index contributed by atoms with van der Waals surface area (Å²) in [5.74, 6) is -1.50. The SMILES string of the molecule is COCCN1C[C@@H](NC(=O)Nc2c(-c3ccccc3)nn(-c3c(C)noc3C)c2Br)[C@H](c2ccc(F)c(F)c2)C1. The zero-order valence-electron chi connectivity index (χ0n) is 22.2. The summed E-state index contributed by atoms with van der Waals surface area (Å²) in [4.78, 5) is 15.6. The van der Waals surface area contributed by atoms with E-state index in [9.17, 15) is 13.6 Å². The Morgan fingerprint density at radius 2 is 1.93 bits per heavy atom. The van der Waals surface area contributed by atoms with Crippen molar-refractivity contribution in [3.8, 4) is 16.9 Å². The number of hydrogen-bond acceptors (Lipinski definition) is 6. The van der Waals surface area contributed by atoms with Crippen molar-refractivity contribution in [3.63, 3.8) is 0 Å². The topological polar surface area (TPSA) is 97.5 Å². The second-order valence-electron chi connectivity index (χ2n) is 9.70. The summed E-state index contributed by atoms with van der Waals surface area (Å²) in [5.41, 5.74) is 3.74. The maximum Gasteiger partial charge on any atom is 0.319 e. The monoisotopic (exact) mass is 614 g/mol. The molecule has 12 heteroatoms. The van der Waals surface area contributed by atoms with Gasteiger partial charge in [-0.1, -0.05) is 41.6 Å². The number of benzene rings is 2. The molecule has 0 unspecified atom stereocenters. The predicted octanol–water partition coefficient (Wildman–Crippen LogP) is 5.42. The van der Waals surface area contributed by atoms with Gasteiger partial charge in [-0.2, -0.15) is 5.10 Å². The highest BCUT2D eigenvalue weighted by Gasteiger charge is 2.35. The molecule has 210 valence electrons. The zero-order chi connectivity index (χ0) is 28.4. The van der Waals surface area contributed by atoms with E-state index in [0.717, 1.165) is 11.6 Å². The number of carbonyl (C=O) groups is 1.